The van der Waals surface area contributed by atoms with E-state index < -0.39 is 18.6 Å². The lowest BCUT2D eigenvalue weighted by atomic mass is 9.99. The molecule has 0 saturated heterocycles. The predicted molar refractivity (Wildman–Crippen MR) is 91.0 cm³/mol. The molecule has 0 heterocycles. The second-order valence-electron chi connectivity index (χ2n) is 5.86. The Morgan fingerprint density at radius 2 is 1.88 bits per heavy atom. The van der Waals surface area contributed by atoms with Crippen molar-refractivity contribution >= 4 is 11.9 Å². The molecule has 24 heavy (non-hydrogen) atoms. The molecular weight excluding hydrogens is 321 g/mol. The van der Waals surface area contributed by atoms with Gasteiger partial charge in [-0.25, -0.2) is 4.99 Å². The third-order valence-electron chi connectivity index (χ3n) is 3.66. The maximum absolute atomic E-state index is 12.3. The van der Waals surface area contributed by atoms with Gasteiger partial charge in [-0.05, 0) is 19.3 Å². The maximum atomic E-state index is 12.3. The lowest BCUT2D eigenvalue weighted by Crippen LogP contribution is -2.41. The fourth-order valence-corrected chi connectivity index (χ4v) is 2.15. The van der Waals surface area contributed by atoms with E-state index in [0.717, 1.165) is 39.3 Å². The van der Waals surface area contributed by atoms with Gasteiger partial charge in [0.05, 0.1) is 0 Å². The first-order chi connectivity index (χ1) is 11.2. The lowest BCUT2D eigenvalue weighted by molar-refractivity contribution is -0.157. The fraction of sp³-hybridized carbons (Fsp3) is 0.875. The Labute approximate surface area is 143 Å². The van der Waals surface area contributed by atoms with Crippen molar-refractivity contribution in [3.05, 3.63) is 0 Å². The van der Waals surface area contributed by atoms with Crippen LogP contribution in [-0.2, 0) is 4.79 Å². The molecule has 1 atom stereocenters. The van der Waals surface area contributed by atoms with E-state index in [1.165, 1.54) is 0 Å². The number of halogens is 3. The van der Waals surface area contributed by atoms with Gasteiger partial charge in [-0.3, -0.25) is 4.79 Å². The molecule has 0 aliphatic carbocycles. The Morgan fingerprint density at radius 1 is 1.21 bits per heavy atom. The summed E-state index contributed by atoms with van der Waals surface area (Å²) in [5.74, 6) is 0.307. The summed E-state index contributed by atoms with van der Waals surface area (Å²) in [5, 5.41) is 6.18. The summed E-state index contributed by atoms with van der Waals surface area (Å²) >= 11 is 0. The number of carbonyl (C=O) groups is 1. The van der Waals surface area contributed by atoms with Crippen molar-refractivity contribution in [3.8, 4) is 0 Å². The van der Waals surface area contributed by atoms with Gasteiger partial charge in [0.1, 0.15) is 13.1 Å². The van der Waals surface area contributed by atoms with Crippen LogP contribution in [0, 0.1) is 5.92 Å². The molecule has 0 aliphatic rings. The van der Waals surface area contributed by atoms with Crippen LogP contribution in [0.2, 0.25) is 0 Å². The normalized spacial score (nSPS) is 13.5. The molecule has 0 spiro atoms. The molecule has 1 unspecified atom stereocenters. The van der Waals surface area contributed by atoms with Gasteiger partial charge in [-0.15, -0.1) is 0 Å². The Hall–Kier alpha value is -1.47. The highest BCUT2D eigenvalue weighted by molar-refractivity contribution is 5.84. The third kappa shape index (κ3) is 11.1. The van der Waals surface area contributed by atoms with Crippen molar-refractivity contribution < 1.29 is 18.0 Å². The molecule has 0 aromatic heterocycles. The largest absolute Gasteiger partial charge is 0.406 e. The van der Waals surface area contributed by atoms with Crippen molar-refractivity contribution in [3.63, 3.8) is 0 Å². The molecule has 142 valence electrons. The van der Waals surface area contributed by atoms with Gasteiger partial charge in [0.15, 0.2) is 5.96 Å². The molecule has 0 aliphatic heterocycles. The first-order valence-electron chi connectivity index (χ1n) is 8.56. The average molecular weight is 352 g/mol. The predicted octanol–water partition coefficient (Wildman–Crippen LogP) is 2.78. The van der Waals surface area contributed by atoms with Crippen LogP contribution in [0.4, 0.5) is 13.2 Å². The molecule has 2 N–H and O–H groups in total. The zero-order valence-corrected chi connectivity index (χ0v) is 15.2. The van der Waals surface area contributed by atoms with Crippen LogP contribution < -0.4 is 10.6 Å². The number of hydrogen-bond acceptors (Lipinski definition) is 2. The quantitative estimate of drug-likeness (QED) is 0.470. The van der Waals surface area contributed by atoms with Crippen LogP contribution in [0.15, 0.2) is 4.99 Å². The number of aliphatic imine (C=N–C) groups is 1. The second kappa shape index (κ2) is 12.0. The van der Waals surface area contributed by atoms with Crippen molar-refractivity contribution in [1.29, 1.82) is 0 Å². The number of nitrogens with one attached hydrogen (secondary N) is 2. The highest BCUT2D eigenvalue weighted by Crippen LogP contribution is 2.15. The van der Waals surface area contributed by atoms with E-state index in [1.54, 1.807) is 0 Å². The molecule has 0 aromatic carbocycles. The number of nitrogens with zero attached hydrogens (tertiary/aromatic N) is 2. The number of hydrogen-bond donors (Lipinski definition) is 2. The number of alkyl halides is 3. The standard InChI is InChI=1S/C16H31F3N4O/c1-5-8-9-13(6-2)10-21-15(20-7-3)22-11-14(24)23(4)12-16(17,18)19/h13H,5-12H2,1-4H3,(H2,20,21,22). The zero-order valence-electron chi connectivity index (χ0n) is 15.2. The van der Waals surface area contributed by atoms with E-state index in [1.807, 2.05) is 6.92 Å². The summed E-state index contributed by atoms with van der Waals surface area (Å²) in [6.45, 7) is 5.94. The van der Waals surface area contributed by atoms with Crippen LogP contribution >= 0.6 is 0 Å². The van der Waals surface area contributed by atoms with Gasteiger partial charge in [0, 0.05) is 20.1 Å². The highest BCUT2D eigenvalue weighted by atomic mass is 19.4. The highest BCUT2D eigenvalue weighted by Gasteiger charge is 2.31. The first kappa shape index (κ1) is 22.5. The van der Waals surface area contributed by atoms with Crippen molar-refractivity contribution in [2.45, 2.75) is 52.6 Å². The van der Waals surface area contributed by atoms with Crippen LogP contribution in [-0.4, -0.2) is 56.2 Å². The molecular formula is C16H31F3N4O. The Morgan fingerprint density at radius 3 is 2.38 bits per heavy atom. The summed E-state index contributed by atoms with van der Waals surface area (Å²) in [6.07, 6.45) is 0.0656. The second-order valence-corrected chi connectivity index (χ2v) is 5.86. The molecule has 0 bridgehead atoms. The van der Waals surface area contributed by atoms with Crippen molar-refractivity contribution in [2.24, 2.45) is 10.9 Å². The minimum Gasteiger partial charge on any atom is -0.357 e. The van der Waals surface area contributed by atoms with Crippen molar-refractivity contribution in [1.82, 2.24) is 15.5 Å². The molecule has 0 rings (SSSR count). The molecule has 0 radical (unpaired) electrons. The smallest absolute Gasteiger partial charge is 0.357 e. The number of likely N-dealkylation sites (N-methyl/N-ethyl adjacent to an activating group) is 1. The van der Waals surface area contributed by atoms with Gasteiger partial charge in [0.25, 0.3) is 0 Å². The van der Waals surface area contributed by atoms with E-state index in [9.17, 15) is 18.0 Å². The summed E-state index contributed by atoms with van der Waals surface area (Å²) in [6, 6.07) is 0. The summed E-state index contributed by atoms with van der Waals surface area (Å²) in [5.41, 5.74) is 0. The molecule has 0 saturated carbocycles. The van der Waals surface area contributed by atoms with Gasteiger partial charge in [0.2, 0.25) is 5.91 Å². The number of rotatable bonds is 10. The third-order valence-corrected chi connectivity index (χ3v) is 3.66. The van der Waals surface area contributed by atoms with Crippen LogP contribution in [0.5, 0.6) is 0 Å². The van der Waals surface area contributed by atoms with E-state index in [0.29, 0.717) is 23.3 Å². The first-order valence-corrected chi connectivity index (χ1v) is 8.56. The molecule has 0 aromatic rings. The monoisotopic (exact) mass is 352 g/mol. The van der Waals surface area contributed by atoms with Crippen LogP contribution in [0.3, 0.4) is 0 Å². The van der Waals surface area contributed by atoms with Gasteiger partial charge >= 0.3 is 6.18 Å². The SMILES string of the molecule is CCCCC(CC)CNC(=NCC(=O)N(C)CC(F)(F)F)NCC. The zero-order chi connectivity index (χ0) is 18.6. The number of unbranched alkanes of at least 4 members (excludes halogenated alkanes) is 1. The molecule has 1 amide bonds. The van der Waals surface area contributed by atoms with E-state index in [-0.39, 0.29) is 6.54 Å². The van der Waals surface area contributed by atoms with E-state index in [2.05, 4.69) is 29.5 Å². The van der Waals surface area contributed by atoms with Gasteiger partial charge in [-0.2, -0.15) is 13.2 Å². The molecule has 8 heteroatoms. The number of guanidine groups is 1. The minimum absolute atomic E-state index is 0.312. The van der Waals surface area contributed by atoms with Gasteiger partial charge in [-0.1, -0.05) is 33.1 Å². The lowest BCUT2D eigenvalue weighted by Gasteiger charge is -2.19. The van der Waals surface area contributed by atoms with Crippen LogP contribution in [0.1, 0.15) is 46.5 Å². The number of amides is 1. The average Bonchev–Trinajstić information content (AvgIpc) is 2.50. The summed E-state index contributed by atoms with van der Waals surface area (Å²) in [4.78, 5) is 16.5. The number of carbonyl (C=O) groups excluding carboxylic acids is 1. The van der Waals surface area contributed by atoms with Gasteiger partial charge < -0.3 is 15.5 Å². The maximum Gasteiger partial charge on any atom is 0.406 e. The molecule has 0 fully saturated rings. The fourth-order valence-electron chi connectivity index (χ4n) is 2.15. The Balaban J connectivity index is 4.52. The van der Waals surface area contributed by atoms with E-state index >= 15 is 0 Å². The van der Waals surface area contributed by atoms with Crippen LogP contribution in [0.25, 0.3) is 0 Å². The summed E-state index contributed by atoms with van der Waals surface area (Å²) in [7, 11) is 1.13. The Bertz CT molecular complexity index is 386. The topological polar surface area (TPSA) is 56.7 Å². The molecule has 5 nitrogen and oxygen atoms in total. The van der Waals surface area contributed by atoms with Crippen molar-refractivity contribution in [2.75, 3.05) is 33.2 Å². The minimum atomic E-state index is -4.40. The van der Waals surface area contributed by atoms with E-state index in [4.69, 9.17) is 0 Å². The summed E-state index contributed by atoms with van der Waals surface area (Å²) < 4.78 is 36.8. The Kier molecular flexibility index (Phi) is 11.2.